The highest BCUT2D eigenvalue weighted by Crippen LogP contribution is 2.19. The zero-order chi connectivity index (χ0) is 10.0. The lowest BCUT2D eigenvalue weighted by molar-refractivity contribution is 0.181. The first-order valence-corrected chi connectivity index (χ1v) is 3.59. The van der Waals surface area contributed by atoms with Crippen molar-refractivity contribution in [2.75, 3.05) is 6.54 Å². The molecule has 0 aliphatic heterocycles. The van der Waals surface area contributed by atoms with E-state index in [9.17, 15) is 13.2 Å². The van der Waals surface area contributed by atoms with E-state index in [1.807, 2.05) is 0 Å². The SMILES string of the molecule is NC[C@H](O)c1cc(F)c(F)cc1F. The van der Waals surface area contributed by atoms with Gasteiger partial charge in [-0.15, -0.1) is 0 Å². The average molecular weight is 191 g/mol. The molecule has 0 aromatic heterocycles. The molecule has 0 bridgehead atoms. The zero-order valence-electron chi connectivity index (χ0n) is 6.60. The minimum atomic E-state index is -1.31. The molecule has 0 fully saturated rings. The van der Waals surface area contributed by atoms with Crippen molar-refractivity contribution in [3.05, 3.63) is 35.1 Å². The van der Waals surface area contributed by atoms with E-state index in [0.29, 0.717) is 12.1 Å². The van der Waals surface area contributed by atoms with Crippen molar-refractivity contribution in [2.45, 2.75) is 6.10 Å². The van der Waals surface area contributed by atoms with Gasteiger partial charge in [-0.3, -0.25) is 0 Å². The second kappa shape index (κ2) is 3.76. The molecule has 0 aliphatic carbocycles. The molecule has 0 aliphatic rings. The zero-order valence-corrected chi connectivity index (χ0v) is 6.60. The molecule has 1 atom stereocenters. The van der Waals surface area contributed by atoms with Gasteiger partial charge in [-0.25, -0.2) is 13.2 Å². The molecule has 0 radical (unpaired) electrons. The lowest BCUT2D eigenvalue weighted by Crippen LogP contribution is -2.13. The third-order valence-corrected chi connectivity index (χ3v) is 1.62. The Bertz CT molecular complexity index is 317. The third-order valence-electron chi connectivity index (χ3n) is 1.62. The smallest absolute Gasteiger partial charge is 0.161 e. The Morgan fingerprint density at radius 1 is 1.15 bits per heavy atom. The van der Waals surface area contributed by atoms with E-state index >= 15 is 0 Å². The minimum absolute atomic E-state index is 0.248. The van der Waals surface area contributed by atoms with E-state index < -0.39 is 23.6 Å². The quantitative estimate of drug-likeness (QED) is 0.687. The van der Waals surface area contributed by atoms with Crippen LogP contribution in [0, 0.1) is 17.5 Å². The van der Waals surface area contributed by atoms with Gasteiger partial charge < -0.3 is 10.8 Å². The molecule has 0 saturated carbocycles. The Balaban J connectivity index is 3.15. The van der Waals surface area contributed by atoms with E-state index in [1.54, 1.807) is 0 Å². The van der Waals surface area contributed by atoms with Crippen LogP contribution >= 0.6 is 0 Å². The predicted octanol–water partition coefficient (Wildman–Crippen LogP) is 1.10. The average Bonchev–Trinajstić information content (AvgIpc) is 2.10. The summed E-state index contributed by atoms with van der Waals surface area (Å²) in [5.74, 6) is -3.49. The van der Waals surface area contributed by atoms with Crippen molar-refractivity contribution in [1.29, 1.82) is 0 Å². The van der Waals surface area contributed by atoms with E-state index in [2.05, 4.69) is 0 Å². The molecule has 13 heavy (non-hydrogen) atoms. The molecule has 0 unspecified atom stereocenters. The lowest BCUT2D eigenvalue weighted by atomic mass is 10.1. The van der Waals surface area contributed by atoms with Gasteiger partial charge in [0, 0.05) is 18.2 Å². The number of aliphatic hydroxyl groups excluding tert-OH is 1. The monoisotopic (exact) mass is 191 g/mol. The molecule has 2 nitrogen and oxygen atoms in total. The molecule has 0 saturated heterocycles. The van der Waals surface area contributed by atoms with E-state index in [1.165, 1.54) is 0 Å². The van der Waals surface area contributed by atoms with Crippen molar-refractivity contribution < 1.29 is 18.3 Å². The van der Waals surface area contributed by atoms with Crippen molar-refractivity contribution in [1.82, 2.24) is 0 Å². The number of hydrogen-bond acceptors (Lipinski definition) is 2. The summed E-state index contributed by atoms with van der Waals surface area (Å²) < 4.78 is 37.8. The van der Waals surface area contributed by atoms with Crippen LogP contribution in [0.1, 0.15) is 11.7 Å². The van der Waals surface area contributed by atoms with Crippen LogP contribution in [0.15, 0.2) is 12.1 Å². The molecule has 1 aromatic carbocycles. The molecule has 72 valence electrons. The summed E-state index contributed by atoms with van der Waals surface area (Å²) in [4.78, 5) is 0. The number of rotatable bonds is 2. The molecule has 1 aromatic rings. The Morgan fingerprint density at radius 3 is 2.23 bits per heavy atom. The minimum Gasteiger partial charge on any atom is -0.387 e. The van der Waals surface area contributed by atoms with Crippen molar-refractivity contribution in [3.63, 3.8) is 0 Å². The fourth-order valence-electron chi connectivity index (χ4n) is 0.920. The van der Waals surface area contributed by atoms with E-state index in [4.69, 9.17) is 10.8 Å². The van der Waals surface area contributed by atoms with Crippen LogP contribution in [0.5, 0.6) is 0 Å². The second-order valence-corrected chi connectivity index (χ2v) is 2.54. The lowest BCUT2D eigenvalue weighted by Gasteiger charge is -2.09. The molecular formula is C8H8F3NO. The van der Waals surface area contributed by atoms with Gasteiger partial charge in [0.2, 0.25) is 0 Å². The van der Waals surface area contributed by atoms with Crippen molar-refractivity contribution in [3.8, 4) is 0 Å². The highest BCUT2D eigenvalue weighted by atomic mass is 19.2. The second-order valence-electron chi connectivity index (χ2n) is 2.54. The molecule has 0 spiro atoms. The normalized spacial score (nSPS) is 13.0. The Labute approximate surface area is 72.8 Å². The highest BCUT2D eigenvalue weighted by molar-refractivity contribution is 5.22. The molecule has 0 heterocycles. The van der Waals surface area contributed by atoms with Crippen LogP contribution in [0.4, 0.5) is 13.2 Å². The van der Waals surface area contributed by atoms with Crippen LogP contribution in [-0.4, -0.2) is 11.7 Å². The van der Waals surface area contributed by atoms with Crippen LogP contribution in [0.25, 0.3) is 0 Å². The molecule has 3 N–H and O–H groups in total. The maximum Gasteiger partial charge on any atom is 0.161 e. The van der Waals surface area contributed by atoms with E-state index in [0.717, 1.165) is 0 Å². The largest absolute Gasteiger partial charge is 0.387 e. The number of nitrogens with two attached hydrogens (primary N) is 1. The standard InChI is InChI=1S/C8H8F3NO/c9-5-2-7(11)6(10)1-4(5)8(13)3-12/h1-2,8,13H,3,12H2/t8-/m0/s1. The van der Waals surface area contributed by atoms with Crippen molar-refractivity contribution in [2.24, 2.45) is 5.73 Å². The van der Waals surface area contributed by atoms with Gasteiger partial charge in [0.05, 0.1) is 6.10 Å². The first-order valence-electron chi connectivity index (χ1n) is 3.59. The molecular weight excluding hydrogens is 183 g/mol. The fourth-order valence-corrected chi connectivity index (χ4v) is 0.920. The molecule has 1 rings (SSSR count). The summed E-state index contributed by atoms with van der Waals surface area (Å²) in [6.07, 6.45) is -1.31. The van der Waals surface area contributed by atoms with Crippen LogP contribution < -0.4 is 5.73 Å². The molecule has 0 amide bonds. The summed E-state index contributed by atoms with van der Waals surface area (Å²) >= 11 is 0. The number of aliphatic hydroxyl groups is 1. The summed E-state index contributed by atoms with van der Waals surface area (Å²) in [7, 11) is 0. The van der Waals surface area contributed by atoms with Crippen LogP contribution in [0.2, 0.25) is 0 Å². The van der Waals surface area contributed by atoms with Crippen molar-refractivity contribution >= 4 is 0 Å². The number of halogens is 3. The Kier molecular flexibility index (Phi) is 2.90. The number of benzene rings is 1. The summed E-state index contributed by atoms with van der Waals surface area (Å²) in [5.41, 5.74) is 4.70. The maximum atomic E-state index is 12.8. The Morgan fingerprint density at radius 2 is 1.69 bits per heavy atom. The van der Waals surface area contributed by atoms with E-state index in [-0.39, 0.29) is 12.1 Å². The van der Waals surface area contributed by atoms with Gasteiger partial charge in [0.15, 0.2) is 11.6 Å². The topological polar surface area (TPSA) is 46.2 Å². The fraction of sp³-hybridized carbons (Fsp3) is 0.250. The van der Waals surface area contributed by atoms with Gasteiger partial charge in [-0.1, -0.05) is 0 Å². The van der Waals surface area contributed by atoms with Gasteiger partial charge in [-0.05, 0) is 6.07 Å². The summed E-state index contributed by atoms with van der Waals surface area (Å²) in [6, 6.07) is 0.978. The van der Waals surface area contributed by atoms with Crippen LogP contribution in [0.3, 0.4) is 0 Å². The van der Waals surface area contributed by atoms with Gasteiger partial charge in [-0.2, -0.15) is 0 Å². The van der Waals surface area contributed by atoms with Crippen LogP contribution in [-0.2, 0) is 0 Å². The maximum absolute atomic E-state index is 12.8. The van der Waals surface area contributed by atoms with Gasteiger partial charge in [0.25, 0.3) is 0 Å². The predicted molar refractivity (Wildman–Crippen MR) is 40.3 cm³/mol. The number of hydrogen-bond donors (Lipinski definition) is 2. The summed E-state index contributed by atoms with van der Waals surface area (Å²) in [5, 5.41) is 9.07. The van der Waals surface area contributed by atoms with Gasteiger partial charge in [0.1, 0.15) is 5.82 Å². The first-order chi connectivity index (χ1) is 6.06. The summed E-state index contributed by atoms with van der Waals surface area (Å²) in [6.45, 7) is -0.248. The highest BCUT2D eigenvalue weighted by Gasteiger charge is 2.15. The Hall–Kier alpha value is -1.07. The third kappa shape index (κ3) is 1.99. The first kappa shape index (κ1) is 10.0. The van der Waals surface area contributed by atoms with Gasteiger partial charge >= 0.3 is 0 Å². The molecule has 5 heteroatoms.